The highest BCUT2D eigenvalue weighted by Gasteiger charge is 2.22. The van der Waals surface area contributed by atoms with E-state index in [-0.39, 0.29) is 23.4 Å². The number of H-pyrrole nitrogens is 1. The normalized spacial score (nSPS) is 11.5. The number of fused-ring (bicyclic) bond motifs is 1. The van der Waals surface area contributed by atoms with Crippen LogP contribution in [0.15, 0.2) is 17.3 Å². The highest BCUT2D eigenvalue weighted by Crippen LogP contribution is 2.24. The summed E-state index contributed by atoms with van der Waals surface area (Å²) < 4.78 is -1.65. The summed E-state index contributed by atoms with van der Waals surface area (Å²) in [6.07, 6.45) is 2.62. The van der Waals surface area contributed by atoms with Crippen LogP contribution in [0.2, 0.25) is 0 Å². The first-order valence-corrected chi connectivity index (χ1v) is 6.05. The molecule has 0 fully saturated rings. The molecule has 2 rings (SSSR count). The number of amides is 1. The van der Waals surface area contributed by atoms with E-state index >= 15 is 0 Å². The molecule has 0 aliphatic rings. The number of halogens is 3. The maximum Gasteiger partial charge on any atom is 0.281 e. The van der Waals surface area contributed by atoms with Crippen molar-refractivity contribution in [1.29, 1.82) is 0 Å². The maximum atomic E-state index is 11.7. The molecule has 0 saturated heterocycles. The number of carbonyl (C=O) groups excluding carboxylic acids is 1. The summed E-state index contributed by atoms with van der Waals surface area (Å²) in [5, 5.41) is 2.29. The molecular weight excluding hydrogens is 316 g/mol. The van der Waals surface area contributed by atoms with Gasteiger partial charge in [-0.1, -0.05) is 34.8 Å². The first-order chi connectivity index (χ1) is 8.87. The zero-order valence-corrected chi connectivity index (χ0v) is 11.4. The Morgan fingerprint density at radius 1 is 1.42 bits per heavy atom. The summed E-state index contributed by atoms with van der Waals surface area (Å²) in [6.45, 7) is -0.249. The fraction of sp³-hybridized carbons (Fsp3) is 0.222. The Labute approximate surface area is 121 Å². The number of hydrogen-bond acceptors (Lipinski definition) is 5. The van der Waals surface area contributed by atoms with Crippen molar-refractivity contribution in [1.82, 2.24) is 25.3 Å². The third-order valence-corrected chi connectivity index (χ3v) is 2.44. The standard InChI is InChI=1S/C9H6Cl3N5O2/c10-9(11,12)2-14-7(18)5-8(19)17-6-4(16-5)1-13-3-15-6/h1,3H,2H2,(H,14,18)(H,13,15,17,19). The van der Waals surface area contributed by atoms with E-state index in [9.17, 15) is 9.59 Å². The Balaban J connectivity index is 2.32. The molecule has 19 heavy (non-hydrogen) atoms. The fourth-order valence-corrected chi connectivity index (χ4v) is 1.46. The van der Waals surface area contributed by atoms with Gasteiger partial charge in [-0.15, -0.1) is 0 Å². The molecule has 0 aromatic carbocycles. The van der Waals surface area contributed by atoms with E-state index in [1.165, 1.54) is 12.5 Å². The minimum Gasteiger partial charge on any atom is -0.346 e. The largest absolute Gasteiger partial charge is 0.346 e. The number of nitrogens with zero attached hydrogens (tertiary/aromatic N) is 3. The average molecular weight is 323 g/mol. The summed E-state index contributed by atoms with van der Waals surface area (Å²) in [5.41, 5.74) is -0.524. The molecule has 2 aromatic heterocycles. The Morgan fingerprint density at radius 2 is 2.16 bits per heavy atom. The second-order valence-electron chi connectivity index (χ2n) is 3.47. The van der Waals surface area contributed by atoms with Crippen LogP contribution in [-0.4, -0.2) is 36.2 Å². The van der Waals surface area contributed by atoms with E-state index in [2.05, 4.69) is 25.3 Å². The van der Waals surface area contributed by atoms with Gasteiger partial charge in [0.2, 0.25) is 3.79 Å². The number of rotatable bonds is 2. The predicted molar refractivity (Wildman–Crippen MR) is 70.6 cm³/mol. The number of aromatic nitrogens is 4. The summed E-state index contributed by atoms with van der Waals surface area (Å²) in [5.74, 6) is -0.752. The van der Waals surface area contributed by atoms with Gasteiger partial charge in [-0.25, -0.2) is 15.0 Å². The van der Waals surface area contributed by atoms with Crippen LogP contribution in [0.5, 0.6) is 0 Å². The lowest BCUT2D eigenvalue weighted by molar-refractivity contribution is 0.0948. The minimum absolute atomic E-state index is 0.234. The topological polar surface area (TPSA) is 101 Å². The summed E-state index contributed by atoms with van der Waals surface area (Å²) in [6, 6.07) is 0. The van der Waals surface area contributed by atoms with Gasteiger partial charge in [-0.2, -0.15) is 0 Å². The number of nitrogens with one attached hydrogen (secondary N) is 2. The molecule has 0 radical (unpaired) electrons. The molecule has 0 unspecified atom stereocenters. The molecule has 1 amide bonds. The van der Waals surface area contributed by atoms with E-state index in [0.29, 0.717) is 0 Å². The van der Waals surface area contributed by atoms with Gasteiger partial charge in [0.25, 0.3) is 11.5 Å². The number of aromatic amines is 1. The molecule has 7 nitrogen and oxygen atoms in total. The van der Waals surface area contributed by atoms with Gasteiger partial charge in [0.05, 0.1) is 12.7 Å². The van der Waals surface area contributed by atoms with Gasteiger partial charge in [-0.3, -0.25) is 9.59 Å². The summed E-state index contributed by atoms with van der Waals surface area (Å²) >= 11 is 16.5. The third-order valence-electron chi connectivity index (χ3n) is 2.04. The third kappa shape index (κ3) is 3.52. The monoisotopic (exact) mass is 321 g/mol. The van der Waals surface area contributed by atoms with Crippen LogP contribution in [0.4, 0.5) is 0 Å². The second-order valence-corrected chi connectivity index (χ2v) is 5.99. The molecule has 2 heterocycles. The van der Waals surface area contributed by atoms with Crippen LogP contribution in [0.1, 0.15) is 10.5 Å². The van der Waals surface area contributed by atoms with Crippen molar-refractivity contribution in [3.63, 3.8) is 0 Å². The highest BCUT2D eigenvalue weighted by molar-refractivity contribution is 6.67. The van der Waals surface area contributed by atoms with E-state index in [0.717, 1.165) is 0 Å². The van der Waals surface area contributed by atoms with Gasteiger partial charge >= 0.3 is 0 Å². The Kier molecular flexibility index (Phi) is 3.88. The lowest BCUT2D eigenvalue weighted by atomic mass is 10.4. The Morgan fingerprint density at radius 3 is 2.84 bits per heavy atom. The van der Waals surface area contributed by atoms with Crippen molar-refractivity contribution in [3.05, 3.63) is 28.6 Å². The van der Waals surface area contributed by atoms with Crippen LogP contribution in [-0.2, 0) is 0 Å². The van der Waals surface area contributed by atoms with Crippen molar-refractivity contribution in [2.24, 2.45) is 0 Å². The SMILES string of the molecule is O=C(NCC(Cl)(Cl)Cl)c1nc2cncnc2[nH]c1=O. The number of carbonyl (C=O) groups is 1. The van der Waals surface area contributed by atoms with E-state index in [1.54, 1.807) is 0 Å². The molecule has 0 bridgehead atoms. The van der Waals surface area contributed by atoms with Gasteiger partial charge in [0.15, 0.2) is 11.3 Å². The van der Waals surface area contributed by atoms with Crippen molar-refractivity contribution in [2.75, 3.05) is 6.54 Å². The molecule has 10 heteroatoms. The molecular formula is C9H6Cl3N5O2. The summed E-state index contributed by atoms with van der Waals surface area (Å²) in [4.78, 5) is 37.2. The molecule has 100 valence electrons. The van der Waals surface area contributed by atoms with E-state index in [1.807, 2.05) is 0 Å². The average Bonchev–Trinajstić information content (AvgIpc) is 2.34. The lowest BCUT2D eigenvalue weighted by Gasteiger charge is -2.11. The number of alkyl halides is 3. The molecule has 0 spiro atoms. The van der Waals surface area contributed by atoms with Crippen molar-refractivity contribution < 1.29 is 4.79 Å². The van der Waals surface area contributed by atoms with Crippen LogP contribution in [0, 0.1) is 0 Å². The van der Waals surface area contributed by atoms with Crippen molar-refractivity contribution in [3.8, 4) is 0 Å². The Bertz CT molecular complexity index is 681. The van der Waals surface area contributed by atoms with Gasteiger partial charge < -0.3 is 10.3 Å². The first kappa shape index (κ1) is 14.0. The van der Waals surface area contributed by atoms with Gasteiger partial charge in [0.1, 0.15) is 11.8 Å². The van der Waals surface area contributed by atoms with E-state index < -0.39 is 15.3 Å². The Hall–Kier alpha value is -1.44. The molecule has 2 aromatic rings. The van der Waals surface area contributed by atoms with Gasteiger partial charge in [-0.05, 0) is 0 Å². The summed E-state index contributed by atoms with van der Waals surface area (Å²) in [7, 11) is 0. The van der Waals surface area contributed by atoms with Crippen LogP contribution >= 0.6 is 34.8 Å². The van der Waals surface area contributed by atoms with Crippen LogP contribution < -0.4 is 10.9 Å². The smallest absolute Gasteiger partial charge is 0.281 e. The van der Waals surface area contributed by atoms with Gasteiger partial charge in [0, 0.05) is 0 Å². The van der Waals surface area contributed by atoms with Crippen LogP contribution in [0.3, 0.4) is 0 Å². The lowest BCUT2D eigenvalue weighted by Crippen LogP contribution is -2.36. The molecule has 0 saturated carbocycles. The quantitative estimate of drug-likeness (QED) is 0.797. The molecule has 0 aliphatic carbocycles. The zero-order valence-electron chi connectivity index (χ0n) is 9.15. The zero-order chi connectivity index (χ0) is 14.0. The first-order valence-electron chi connectivity index (χ1n) is 4.92. The number of hydrogen-bond donors (Lipinski definition) is 2. The molecule has 0 atom stereocenters. The van der Waals surface area contributed by atoms with E-state index in [4.69, 9.17) is 34.8 Å². The van der Waals surface area contributed by atoms with Crippen molar-refractivity contribution >= 4 is 51.9 Å². The molecule has 0 aliphatic heterocycles. The highest BCUT2D eigenvalue weighted by atomic mass is 35.6. The predicted octanol–water partition coefficient (Wildman–Crippen LogP) is 0.813. The van der Waals surface area contributed by atoms with Crippen LogP contribution in [0.25, 0.3) is 11.2 Å². The van der Waals surface area contributed by atoms with Crippen molar-refractivity contribution in [2.45, 2.75) is 3.79 Å². The minimum atomic E-state index is -1.65. The maximum absolute atomic E-state index is 11.7. The fourth-order valence-electron chi connectivity index (χ4n) is 1.26. The second kappa shape index (κ2) is 5.28. The molecule has 2 N–H and O–H groups in total.